The maximum atomic E-state index is 5.58. The molecule has 12 heavy (non-hydrogen) atoms. The summed E-state index contributed by atoms with van der Waals surface area (Å²) in [6.45, 7) is 4.97. The van der Waals surface area contributed by atoms with E-state index in [4.69, 9.17) is 4.74 Å². The molecule has 0 spiro atoms. The molecule has 1 fully saturated rings. The van der Waals surface area contributed by atoms with Gasteiger partial charge >= 0.3 is 0 Å². The summed E-state index contributed by atoms with van der Waals surface area (Å²) in [6.07, 6.45) is 0.378. The summed E-state index contributed by atoms with van der Waals surface area (Å²) >= 11 is 3.37. The average molecular weight is 237 g/mol. The van der Waals surface area contributed by atoms with Crippen LogP contribution in [0.4, 0.5) is 0 Å². The number of alkyl halides is 1. The molecule has 1 aliphatic heterocycles. The normalized spacial score (nSPS) is 26.0. The molecule has 0 aromatic carbocycles. The van der Waals surface area contributed by atoms with Gasteiger partial charge in [-0.2, -0.15) is 0 Å². The lowest BCUT2D eigenvalue weighted by Gasteiger charge is -2.30. The zero-order chi connectivity index (χ0) is 8.81. The van der Waals surface area contributed by atoms with E-state index in [2.05, 4.69) is 33.2 Å². The fourth-order valence-electron chi connectivity index (χ4n) is 1.32. The van der Waals surface area contributed by atoms with Crippen molar-refractivity contribution in [1.29, 1.82) is 0 Å². The molecule has 0 amide bonds. The monoisotopic (exact) mass is 236 g/mol. The van der Waals surface area contributed by atoms with Crippen molar-refractivity contribution in [3.8, 4) is 0 Å². The molecule has 0 aliphatic carbocycles. The van der Waals surface area contributed by atoms with E-state index in [0.29, 0.717) is 6.10 Å². The Balaban J connectivity index is 2.06. The third kappa shape index (κ3) is 3.85. The molecule has 1 rings (SSSR count). The maximum absolute atomic E-state index is 5.58. The van der Waals surface area contributed by atoms with Gasteiger partial charge in [-0.05, 0) is 7.05 Å². The van der Waals surface area contributed by atoms with Crippen LogP contribution >= 0.6 is 15.9 Å². The summed E-state index contributed by atoms with van der Waals surface area (Å²) in [5.41, 5.74) is 0. The van der Waals surface area contributed by atoms with Crippen molar-refractivity contribution in [2.45, 2.75) is 6.10 Å². The third-order valence-electron chi connectivity index (χ3n) is 1.99. The van der Waals surface area contributed by atoms with Crippen molar-refractivity contribution in [1.82, 2.24) is 10.2 Å². The van der Waals surface area contributed by atoms with Crippen LogP contribution in [0.2, 0.25) is 0 Å². The van der Waals surface area contributed by atoms with Gasteiger partial charge < -0.3 is 15.0 Å². The fraction of sp³-hybridized carbons (Fsp3) is 1.00. The van der Waals surface area contributed by atoms with Gasteiger partial charge in [0.25, 0.3) is 0 Å². The molecule has 0 radical (unpaired) electrons. The molecule has 72 valence electrons. The Labute approximate surface area is 82.6 Å². The van der Waals surface area contributed by atoms with Gasteiger partial charge in [0.15, 0.2) is 0 Å². The van der Waals surface area contributed by atoms with E-state index < -0.39 is 0 Å². The largest absolute Gasteiger partial charge is 0.374 e. The predicted molar refractivity (Wildman–Crippen MR) is 53.9 cm³/mol. The highest BCUT2D eigenvalue weighted by Crippen LogP contribution is 2.01. The molecule has 1 unspecified atom stereocenters. The van der Waals surface area contributed by atoms with Crippen molar-refractivity contribution >= 4 is 15.9 Å². The van der Waals surface area contributed by atoms with Gasteiger partial charge in [0, 0.05) is 31.5 Å². The minimum absolute atomic E-state index is 0.378. The molecular weight excluding hydrogens is 220 g/mol. The molecule has 1 heterocycles. The highest BCUT2D eigenvalue weighted by atomic mass is 79.9. The van der Waals surface area contributed by atoms with E-state index in [-0.39, 0.29) is 0 Å². The van der Waals surface area contributed by atoms with Gasteiger partial charge in [-0.15, -0.1) is 0 Å². The number of likely N-dealkylation sites (N-methyl/N-ethyl adjacent to an activating group) is 1. The first kappa shape index (κ1) is 10.4. The van der Waals surface area contributed by atoms with Gasteiger partial charge in [-0.1, -0.05) is 15.9 Å². The van der Waals surface area contributed by atoms with Crippen LogP contribution in [0.1, 0.15) is 0 Å². The fourth-order valence-corrected chi connectivity index (χ4v) is 1.60. The minimum atomic E-state index is 0.378. The number of ether oxygens (including phenoxy) is 1. The Bertz CT molecular complexity index is 124. The van der Waals surface area contributed by atoms with E-state index in [0.717, 1.165) is 38.1 Å². The van der Waals surface area contributed by atoms with Gasteiger partial charge in [-0.3, -0.25) is 0 Å². The number of rotatable bonds is 4. The smallest absolute Gasteiger partial charge is 0.0826 e. The van der Waals surface area contributed by atoms with E-state index in [1.165, 1.54) is 0 Å². The molecule has 1 N–H and O–H groups in total. The average Bonchev–Trinajstić information content (AvgIpc) is 2.05. The molecule has 0 aromatic heterocycles. The van der Waals surface area contributed by atoms with Crippen LogP contribution in [-0.4, -0.2) is 56.2 Å². The molecule has 1 saturated heterocycles. The number of halogens is 1. The first-order valence-corrected chi connectivity index (χ1v) is 5.52. The standard InChI is InChI=1S/C8H17BrN2O/c1-11-4-5-12-8(7-11)6-10-3-2-9/h8,10H,2-7H2,1H3. The van der Waals surface area contributed by atoms with Crippen molar-refractivity contribution < 1.29 is 4.74 Å². The molecule has 1 aliphatic rings. The third-order valence-corrected chi connectivity index (χ3v) is 2.38. The Hall–Kier alpha value is 0.360. The lowest BCUT2D eigenvalue weighted by atomic mass is 10.3. The van der Waals surface area contributed by atoms with Gasteiger partial charge in [0.1, 0.15) is 0 Å². The highest BCUT2D eigenvalue weighted by Gasteiger charge is 2.16. The zero-order valence-corrected chi connectivity index (χ0v) is 9.14. The van der Waals surface area contributed by atoms with Crippen LogP contribution in [0.25, 0.3) is 0 Å². The molecule has 0 bridgehead atoms. The summed E-state index contributed by atoms with van der Waals surface area (Å²) in [4.78, 5) is 2.31. The van der Waals surface area contributed by atoms with Gasteiger partial charge in [-0.25, -0.2) is 0 Å². The highest BCUT2D eigenvalue weighted by molar-refractivity contribution is 9.09. The molecule has 0 aromatic rings. The van der Waals surface area contributed by atoms with Crippen LogP contribution in [0.5, 0.6) is 0 Å². The first-order valence-electron chi connectivity index (χ1n) is 4.39. The van der Waals surface area contributed by atoms with Crippen LogP contribution in [-0.2, 0) is 4.74 Å². The van der Waals surface area contributed by atoms with Crippen molar-refractivity contribution in [3.63, 3.8) is 0 Å². The zero-order valence-electron chi connectivity index (χ0n) is 7.55. The Morgan fingerprint density at radius 1 is 1.67 bits per heavy atom. The van der Waals surface area contributed by atoms with Crippen LogP contribution in [0.15, 0.2) is 0 Å². The topological polar surface area (TPSA) is 24.5 Å². The Morgan fingerprint density at radius 3 is 3.17 bits per heavy atom. The lowest BCUT2D eigenvalue weighted by molar-refractivity contribution is -0.0177. The van der Waals surface area contributed by atoms with Crippen LogP contribution in [0, 0.1) is 0 Å². The number of hydrogen-bond donors (Lipinski definition) is 1. The number of hydrogen-bond acceptors (Lipinski definition) is 3. The molecule has 3 nitrogen and oxygen atoms in total. The summed E-state index contributed by atoms with van der Waals surface area (Å²) < 4.78 is 5.58. The molecule has 0 saturated carbocycles. The van der Waals surface area contributed by atoms with Crippen LogP contribution < -0.4 is 5.32 Å². The second kappa shape index (κ2) is 5.91. The summed E-state index contributed by atoms with van der Waals surface area (Å²) in [5, 5.41) is 4.34. The second-order valence-corrected chi connectivity index (χ2v) is 3.94. The van der Waals surface area contributed by atoms with Crippen LogP contribution in [0.3, 0.4) is 0 Å². The summed E-state index contributed by atoms with van der Waals surface area (Å²) in [6, 6.07) is 0. The van der Waals surface area contributed by atoms with E-state index in [9.17, 15) is 0 Å². The summed E-state index contributed by atoms with van der Waals surface area (Å²) in [5.74, 6) is 0. The molecule has 4 heteroatoms. The van der Waals surface area contributed by atoms with Crippen molar-refractivity contribution in [2.75, 3.05) is 45.2 Å². The second-order valence-electron chi connectivity index (χ2n) is 3.15. The van der Waals surface area contributed by atoms with Crippen molar-refractivity contribution in [2.24, 2.45) is 0 Å². The Kier molecular flexibility index (Phi) is 5.14. The number of nitrogens with zero attached hydrogens (tertiary/aromatic N) is 1. The SMILES string of the molecule is CN1CCOC(CNCCBr)C1. The van der Waals surface area contributed by atoms with E-state index in [1.807, 2.05) is 0 Å². The van der Waals surface area contributed by atoms with Crippen molar-refractivity contribution in [3.05, 3.63) is 0 Å². The maximum Gasteiger partial charge on any atom is 0.0826 e. The quantitative estimate of drug-likeness (QED) is 0.562. The van der Waals surface area contributed by atoms with E-state index >= 15 is 0 Å². The predicted octanol–water partition coefficient (Wildman–Crippen LogP) is 0.301. The summed E-state index contributed by atoms with van der Waals surface area (Å²) in [7, 11) is 2.14. The van der Waals surface area contributed by atoms with Gasteiger partial charge in [0.05, 0.1) is 12.7 Å². The lowest BCUT2D eigenvalue weighted by Crippen LogP contribution is -2.45. The molecular formula is C8H17BrN2O. The van der Waals surface area contributed by atoms with Gasteiger partial charge in [0.2, 0.25) is 0 Å². The molecule has 1 atom stereocenters. The minimum Gasteiger partial charge on any atom is -0.374 e. The Morgan fingerprint density at radius 2 is 2.50 bits per heavy atom. The first-order chi connectivity index (χ1) is 5.83. The van der Waals surface area contributed by atoms with E-state index in [1.54, 1.807) is 0 Å². The number of nitrogens with one attached hydrogen (secondary N) is 1. The number of morpholine rings is 1.